The summed E-state index contributed by atoms with van der Waals surface area (Å²) in [5.41, 5.74) is 6.03. The van der Waals surface area contributed by atoms with Crippen LogP contribution in [0.1, 0.15) is 37.8 Å². The second-order valence-electron chi connectivity index (χ2n) is 5.02. The van der Waals surface area contributed by atoms with Crippen LogP contribution >= 0.6 is 0 Å². The number of rotatable bonds is 7. The van der Waals surface area contributed by atoms with Crippen molar-refractivity contribution in [3.63, 3.8) is 0 Å². The molecule has 0 amide bonds. The normalized spacial score (nSPS) is 10.4. The van der Waals surface area contributed by atoms with E-state index in [0.29, 0.717) is 5.82 Å². The molecule has 0 radical (unpaired) electrons. The third-order valence-electron chi connectivity index (χ3n) is 3.34. The van der Waals surface area contributed by atoms with Crippen LogP contribution < -0.4 is 16.6 Å². The second-order valence-corrected chi connectivity index (χ2v) is 5.02. The lowest BCUT2D eigenvalue weighted by molar-refractivity contribution is 0.903. The Morgan fingerprint density at radius 2 is 1.62 bits per heavy atom. The fourth-order valence-electron chi connectivity index (χ4n) is 2.31. The van der Waals surface area contributed by atoms with E-state index in [4.69, 9.17) is 5.84 Å². The van der Waals surface area contributed by atoms with Crippen molar-refractivity contribution in [2.45, 2.75) is 39.5 Å². The molecule has 5 heteroatoms. The molecule has 0 aliphatic rings. The van der Waals surface area contributed by atoms with Gasteiger partial charge in [-0.1, -0.05) is 38.8 Å². The molecule has 5 nitrogen and oxygen atoms in total. The first kappa shape index (κ1) is 15.3. The lowest BCUT2D eigenvalue weighted by atomic mass is 10.1. The van der Waals surface area contributed by atoms with Crippen LogP contribution in [-0.2, 0) is 12.8 Å². The van der Waals surface area contributed by atoms with Crippen LogP contribution in [-0.4, -0.2) is 9.97 Å². The van der Waals surface area contributed by atoms with Gasteiger partial charge in [0, 0.05) is 11.3 Å². The van der Waals surface area contributed by atoms with Crippen LogP contribution in [0, 0.1) is 0 Å². The maximum atomic E-state index is 5.53. The maximum Gasteiger partial charge on any atom is 0.148 e. The zero-order valence-electron chi connectivity index (χ0n) is 12.7. The van der Waals surface area contributed by atoms with Gasteiger partial charge >= 0.3 is 0 Å². The van der Waals surface area contributed by atoms with Gasteiger partial charge in [0.1, 0.15) is 18.0 Å². The van der Waals surface area contributed by atoms with E-state index in [1.165, 1.54) is 11.9 Å². The van der Waals surface area contributed by atoms with Crippen molar-refractivity contribution in [3.05, 3.63) is 41.7 Å². The lowest BCUT2D eigenvalue weighted by Gasteiger charge is -2.13. The van der Waals surface area contributed by atoms with Crippen LogP contribution in [0.3, 0.4) is 0 Å². The third kappa shape index (κ3) is 3.92. The number of aryl methyl sites for hydroxylation is 1. The van der Waals surface area contributed by atoms with Crippen LogP contribution in [0.2, 0.25) is 0 Å². The molecule has 0 unspecified atom stereocenters. The Labute approximate surface area is 126 Å². The summed E-state index contributed by atoms with van der Waals surface area (Å²) < 4.78 is 0. The quantitative estimate of drug-likeness (QED) is 0.537. The third-order valence-corrected chi connectivity index (χ3v) is 3.34. The minimum Gasteiger partial charge on any atom is -0.340 e. The van der Waals surface area contributed by atoms with Gasteiger partial charge < -0.3 is 10.7 Å². The molecule has 2 aromatic rings. The lowest BCUT2D eigenvalue weighted by Crippen LogP contribution is -2.13. The fraction of sp³-hybridized carbons (Fsp3) is 0.375. The van der Waals surface area contributed by atoms with E-state index < -0.39 is 0 Å². The zero-order chi connectivity index (χ0) is 15.1. The Balaban J connectivity index is 2.22. The first-order valence-corrected chi connectivity index (χ1v) is 7.44. The number of hydrogen-bond acceptors (Lipinski definition) is 5. The molecule has 1 aromatic carbocycles. The minimum atomic E-state index is 0.678. The molecule has 0 atom stereocenters. The standard InChI is InChI=1S/C16H23N5/c1-3-5-12-7-9-13(10-8-12)20-15-14(6-4-2)16(21-17)19-11-18-15/h7-11H,3-6,17H2,1-2H3,(H2,18,19,20,21). The van der Waals surface area contributed by atoms with Gasteiger partial charge in [-0.3, -0.25) is 0 Å². The van der Waals surface area contributed by atoms with Gasteiger partial charge in [0.05, 0.1) is 0 Å². The number of nitrogens with one attached hydrogen (secondary N) is 2. The van der Waals surface area contributed by atoms with E-state index in [1.54, 1.807) is 0 Å². The highest BCUT2D eigenvalue weighted by molar-refractivity contribution is 5.64. The summed E-state index contributed by atoms with van der Waals surface area (Å²) >= 11 is 0. The summed E-state index contributed by atoms with van der Waals surface area (Å²) in [6, 6.07) is 8.46. The van der Waals surface area contributed by atoms with E-state index in [9.17, 15) is 0 Å². The summed E-state index contributed by atoms with van der Waals surface area (Å²) in [6.07, 6.45) is 5.66. The number of nitrogen functional groups attached to an aromatic ring is 1. The smallest absolute Gasteiger partial charge is 0.148 e. The molecule has 1 heterocycles. The minimum absolute atomic E-state index is 0.678. The van der Waals surface area contributed by atoms with E-state index in [-0.39, 0.29) is 0 Å². The van der Waals surface area contributed by atoms with Gasteiger partial charge in [0.25, 0.3) is 0 Å². The van der Waals surface area contributed by atoms with Crippen LogP contribution in [0.25, 0.3) is 0 Å². The van der Waals surface area contributed by atoms with Gasteiger partial charge in [0.2, 0.25) is 0 Å². The highest BCUT2D eigenvalue weighted by atomic mass is 15.3. The number of benzene rings is 1. The molecular formula is C16H23N5. The molecule has 0 bridgehead atoms. The van der Waals surface area contributed by atoms with Crippen molar-refractivity contribution >= 4 is 17.3 Å². The number of nitrogens with zero attached hydrogens (tertiary/aromatic N) is 2. The predicted molar refractivity (Wildman–Crippen MR) is 87.6 cm³/mol. The topological polar surface area (TPSA) is 75.9 Å². The molecule has 0 aliphatic heterocycles. The zero-order valence-corrected chi connectivity index (χ0v) is 12.7. The maximum absolute atomic E-state index is 5.53. The summed E-state index contributed by atoms with van der Waals surface area (Å²) in [5.74, 6) is 7.01. The SMILES string of the molecule is CCCc1ccc(Nc2ncnc(NN)c2CCC)cc1. The fourth-order valence-corrected chi connectivity index (χ4v) is 2.31. The highest BCUT2D eigenvalue weighted by Crippen LogP contribution is 2.24. The van der Waals surface area contributed by atoms with Crippen LogP contribution in [0.4, 0.5) is 17.3 Å². The molecule has 0 aliphatic carbocycles. The molecule has 21 heavy (non-hydrogen) atoms. The number of aromatic nitrogens is 2. The molecule has 1 aromatic heterocycles. The monoisotopic (exact) mass is 285 g/mol. The summed E-state index contributed by atoms with van der Waals surface area (Å²) in [5, 5.41) is 3.35. The predicted octanol–water partition coefficient (Wildman–Crippen LogP) is 3.41. The van der Waals surface area contributed by atoms with Crippen molar-refractivity contribution in [1.29, 1.82) is 0 Å². The Morgan fingerprint density at radius 1 is 0.952 bits per heavy atom. The number of anilines is 3. The van der Waals surface area contributed by atoms with Gasteiger partial charge in [-0.2, -0.15) is 0 Å². The van der Waals surface area contributed by atoms with Crippen molar-refractivity contribution in [1.82, 2.24) is 9.97 Å². The van der Waals surface area contributed by atoms with Crippen LogP contribution in [0.15, 0.2) is 30.6 Å². The molecule has 0 fully saturated rings. The van der Waals surface area contributed by atoms with Crippen molar-refractivity contribution in [3.8, 4) is 0 Å². The van der Waals surface area contributed by atoms with Gasteiger partial charge in [-0.05, 0) is 30.5 Å². The second kappa shape index (κ2) is 7.59. The summed E-state index contributed by atoms with van der Waals surface area (Å²) in [7, 11) is 0. The van der Waals surface area contributed by atoms with Crippen molar-refractivity contribution < 1.29 is 0 Å². The Bertz CT molecular complexity index is 565. The molecule has 2 rings (SSSR count). The number of hydrazine groups is 1. The first-order chi connectivity index (χ1) is 10.3. The van der Waals surface area contributed by atoms with E-state index in [2.05, 4.69) is 58.8 Å². The van der Waals surface area contributed by atoms with E-state index in [0.717, 1.165) is 42.8 Å². The molecular weight excluding hydrogens is 262 g/mol. The molecule has 112 valence electrons. The van der Waals surface area contributed by atoms with Gasteiger partial charge in [-0.15, -0.1) is 0 Å². The molecule has 0 saturated heterocycles. The van der Waals surface area contributed by atoms with Gasteiger partial charge in [0.15, 0.2) is 0 Å². The Morgan fingerprint density at radius 3 is 2.24 bits per heavy atom. The van der Waals surface area contributed by atoms with E-state index in [1.807, 2.05) is 0 Å². The average Bonchev–Trinajstić information content (AvgIpc) is 2.51. The number of nitrogens with two attached hydrogens (primary N) is 1. The Kier molecular flexibility index (Phi) is 5.51. The van der Waals surface area contributed by atoms with Crippen molar-refractivity contribution in [2.75, 3.05) is 10.7 Å². The molecule has 0 saturated carbocycles. The average molecular weight is 285 g/mol. The van der Waals surface area contributed by atoms with Crippen LogP contribution in [0.5, 0.6) is 0 Å². The summed E-state index contributed by atoms with van der Waals surface area (Å²) in [4.78, 5) is 8.51. The molecule has 4 N–H and O–H groups in total. The largest absolute Gasteiger partial charge is 0.340 e. The first-order valence-electron chi connectivity index (χ1n) is 7.44. The van der Waals surface area contributed by atoms with Crippen molar-refractivity contribution in [2.24, 2.45) is 5.84 Å². The summed E-state index contributed by atoms with van der Waals surface area (Å²) in [6.45, 7) is 4.31. The number of hydrogen-bond donors (Lipinski definition) is 3. The molecule has 0 spiro atoms. The van der Waals surface area contributed by atoms with Gasteiger partial charge in [-0.25, -0.2) is 15.8 Å². The Hall–Kier alpha value is -2.14. The van der Waals surface area contributed by atoms with E-state index >= 15 is 0 Å². The highest BCUT2D eigenvalue weighted by Gasteiger charge is 2.10.